The highest BCUT2D eigenvalue weighted by Gasteiger charge is 2.22. The van der Waals surface area contributed by atoms with Gasteiger partial charge in [-0.3, -0.25) is 4.79 Å². The maximum atomic E-state index is 12.5. The van der Waals surface area contributed by atoms with E-state index in [1.807, 2.05) is 48.4 Å². The molecule has 2 rings (SSSR count). The van der Waals surface area contributed by atoms with E-state index in [0.717, 1.165) is 22.9 Å². The Bertz CT molecular complexity index is 679. The normalized spacial score (nSPS) is 12.2. The summed E-state index contributed by atoms with van der Waals surface area (Å²) >= 11 is 1.58. The van der Waals surface area contributed by atoms with E-state index in [9.17, 15) is 4.79 Å². The summed E-state index contributed by atoms with van der Waals surface area (Å²) in [5.74, 6) is 1.02. The lowest BCUT2D eigenvalue weighted by Gasteiger charge is -2.29. The van der Waals surface area contributed by atoms with E-state index in [2.05, 4.69) is 25.8 Å². The lowest BCUT2D eigenvalue weighted by atomic mass is 10.1. The molecule has 5 heteroatoms. The van der Waals surface area contributed by atoms with Gasteiger partial charge in [-0.1, -0.05) is 38.5 Å². The number of rotatable bonds is 8. The fraction of sp³-hybridized carbons (Fsp3) is 0.500. The fourth-order valence-corrected chi connectivity index (χ4v) is 3.14. The second kappa shape index (κ2) is 8.99. The molecule has 1 aromatic heterocycles. The van der Waals surface area contributed by atoms with Crippen molar-refractivity contribution in [3.8, 4) is 5.75 Å². The Morgan fingerprint density at radius 3 is 2.52 bits per heavy atom. The van der Waals surface area contributed by atoms with Crippen molar-refractivity contribution in [1.29, 1.82) is 0 Å². The van der Waals surface area contributed by atoms with Crippen molar-refractivity contribution in [1.82, 2.24) is 9.88 Å². The van der Waals surface area contributed by atoms with Crippen molar-refractivity contribution >= 4 is 17.2 Å². The van der Waals surface area contributed by atoms with Gasteiger partial charge in [0.25, 0.3) is 0 Å². The maximum Gasteiger partial charge on any atom is 0.225 e. The summed E-state index contributed by atoms with van der Waals surface area (Å²) in [5.41, 5.74) is 2.14. The molecular weight excluding hydrogens is 332 g/mol. The lowest BCUT2D eigenvalue weighted by molar-refractivity contribution is -0.137. The largest absolute Gasteiger partial charge is 0.486 e. The van der Waals surface area contributed by atoms with E-state index in [0.29, 0.717) is 13.2 Å². The number of amides is 1. The number of nitrogens with zero attached hydrogens (tertiary/aromatic N) is 2. The van der Waals surface area contributed by atoms with Crippen LogP contribution in [0.3, 0.4) is 0 Å². The van der Waals surface area contributed by atoms with Crippen LogP contribution >= 0.6 is 11.3 Å². The third kappa shape index (κ3) is 5.56. The van der Waals surface area contributed by atoms with E-state index >= 15 is 0 Å². The molecule has 1 heterocycles. The minimum absolute atomic E-state index is 0.00280. The van der Waals surface area contributed by atoms with Gasteiger partial charge in [-0.2, -0.15) is 0 Å². The van der Waals surface area contributed by atoms with Crippen molar-refractivity contribution in [2.24, 2.45) is 5.92 Å². The highest BCUT2D eigenvalue weighted by Crippen LogP contribution is 2.19. The van der Waals surface area contributed by atoms with Crippen LogP contribution in [-0.2, 0) is 17.9 Å². The summed E-state index contributed by atoms with van der Waals surface area (Å²) in [5, 5.41) is 2.95. The number of aryl methyl sites for hydroxylation is 1. The van der Waals surface area contributed by atoms with Crippen LogP contribution in [0.25, 0.3) is 0 Å². The SMILES string of the molecule is CCC(C)N(Cc1csc(COc2ccc(C)cc2)n1)C(=O)C(C)C. The summed E-state index contributed by atoms with van der Waals surface area (Å²) in [6.07, 6.45) is 0.936. The number of benzene rings is 1. The summed E-state index contributed by atoms with van der Waals surface area (Å²) < 4.78 is 5.79. The van der Waals surface area contributed by atoms with E-state index in [1.165, 1.54) is 5.56 Å². The second-order valence-corrected chi connectivity index (χ2v) is 7.66. The molecule has 2 aromatic rings. The fourth-order valence-electron chi connectivity index (χ4n) is 2.44. The number of aromatic nitrogens is 1. The molecular formula is C20H28N2O2S. The molecule has 0 aliphatic rings. The molecule has 1 unspecified atom stereocenters. The molecule has 0 aliphatic carbocycles. The van der Waals surface area contributed by atoms with Crippen LogP contribution in [0.1, 0.15) is 50.4 Å². The number of hydrogen-bond acceptors (Lipinski definition) is 4. The molecule has 0 aliphatic heterocycles. The van der Waals surface area contributed by atoms with Crippen LogP contribution < -0.4 is 4.74 Å². The van der Waals surface area contributed by atoms with Gasteiger partial charge < -0.3 is 9.64 Å². The quantitative estimate of drug-likeness (QED) is 0.678. The first kappa shape index (κ1) is 19.4. The van der Waals surface area contributed by atoms with Gasteiger partial charge in [0, 0.05) is 17.3 Å². The Morgan fingerprint density at radius 1 is 1.24 bits per heavy atom. The zero-order valence-electron chi connectivity index (χ0n) is 15.8. The van der Waals surface area contributed by atoms with Gasteiger partial charge in [0.2, 0.25) is 5.91 Å². The Labute approximate surface area is 154 Å². The van der Waals surface area contributed by atoms with Crippen molar-refractivity contribution in [3.63, 3.8) is 0 Å². The number of carbonyl (C=O) groups excluding carboxylic acids is 1. The Kier molecular flexibility index (Phi) is 7.00. The van der Waals surface area contributed by atoms with E-state index in [4.69, 9.17) is 4.74 Å². The second-order valence-electron chi connectivity index (χ2n) is 6.71. The monoisotopic (exact) mass is 360 g/mol. The first-order chi connectivity index (χ1) is 11.9. The Morgan fingerprint density at radius 2 is 1.92 bits per heavy atom. The van der Waals surface area contributed by atoms with Gasteiger partial charge in [-0.05, 0) is 32.4 Å². The summed E-state index contributed by atoms with van der Waals surface area (Å²) in [6, 6.07) is 8.21. The van der Waals surface area contributed by atoms with E-state index in [-0.39, 0.29) is 17.9 Å². The number of hydrogen-bond donors (Lipinski definition) is 0. The first-order valence-electron chi connectivity index (χ1n) is 8.84. The standard InChI is InChI=1S/C20H28N2O2S/c1-6-16(5)22(20(23)14(2)3)11-17-13-25-19(21-17)12-24-18-9-7-15(4)8-10-18/h7-10,13-14,16H,6,11-12H2,1-5H3. The Balaban J connectivity index is 1.98. The molecule has 0 saturated heterocycles. The Hall–Kier alpha value is -1.88. The molecule has 25 heavy (non-hydrogen) atoms. The van der Waals surface area contributed by atoms with E-state index < -0.39 is 0 Å². The smallest absolute Gasteiger partial charge is 0.225 e. The van der Waals surface area contributed by atoms with Crippen LogP contribution in [0.4, 0.5) is 0 Å². The average Bonchev–Trinajstić information content (AvgIpc) is 3.05. The average molecular weight is 361 g/mol. The number of thiazole rings is 1. The van der Waals surface area contributed by atoms with Crippen molar-refractivity contribution in [2.45, 2.75) is 60.2 Å². The third-order valence-corrected chi connectivity index (χ3v) is 5.09. The minimum Gasteiger partial charge on any atom is -0.486 e. The predicted octanol–water partition coefficient (Wildman–Crippen LogP) is 4.81. The minimum atomic E-state index is -0.00280. The molecule has 0 N–H and O–H groups in total. The first-order valence-corrected chi connectivity index (χ1v) is 9.71. The van der Waals surface area contributed by atoms with Crippen molar-refractivity contribution in [2.75, 3.05) is 0 Å². The van der Waals surface area contributed by atoms with Crippen molar-refractivity contribution in [3.05, 3.63) is 45.9 Å². The van der Waals surface area contributed by atoms with Gasteiger partial charge in [-0.25, -0.2) is 4.98 Å². The van der Waals surface area contributed by atoms with Crippen LogP contribution in [0.5, 0.6) is 5.75 Å². The molecule has 0 radical (unpaired) electrons. The molecule has 0 bridgehead atoms. The lowest BCUT2D eigenvalue weighted by Crippen LogP contribution is -2.40. The van der Waals surface area contributed by atoms with Crippen LogP contribution in [0.15, 0.2) is 29.6 Å². The molecule has 0 spiro atoms. The summed E-state index contributed by atoms with van der Waals surface area (Å²) in [4.78, 5) is 19.0. The van der Waals surface area contributed by atoms with E-state index in [1.54, 1.807) is 11.3 Å². The topological polar surface area (TPSA) is 42.4 Å². The zero-order valence-corrected chi connectivity index (χ0v) is 16.6. The number of ether oxygens (including phenoxy) is 1. The molecule has 0 fully saturated rings. The summed E-state index contributed by atoms with van der Waals surface area (Å²) in [6.45, 7) is 11.2. The third-order valence-electron chi connectivity index (χ3n) is 4.21. The van der Waals surface area contributed by atoms with Crippen LogP contribution in [0, 0.1) is 12.8 Å². The zero-order chi connectivity index (χ0) is 18.4. The molecule has 136 valence electrons. The maximum absolute atomic E-state index is 12.5. The van der Waals surface area contributed by atoms with Crippen molar-refractivity contribution < 1.29 is 9.53 Å². The van der Waals surface area contributed by atoms with Crippen LogP contribution in [-0.4, -0.2) is 21.8 Å². The van der Waals surface area contributed by atoms with Gasteiger partial charge in [-0.15, -0.1) is 11.3 Å². The molecule has 0 saturated carbocycles. The molecule has 4 nitrogen and oxygen atoms in total. The van der Waals surface area contributed by atoms with Gasteiger partial charge in [0.1, 0.15) is 17.4 Å². The highest BCUT2D eigenvalue weighted by molar-refractivity contribution is 7.09. The van der Waals surface area contributed by atoms with Gasteiger partial charge in [0.15, 0.2) is 0 Å². The number of carbonyl (C=O) groups is 1. The molecule has 1 aromatic carbocycles. The highest BCUT2D eigenvalue weighted by atomic mass is 32.1. The molecule has 1 atom stereocenters. The predicted molar refractivity (Wildman–Crippen MR) is 103 cm³/mol. The van der Waals surface area contributed by atoms with Gasteiger partial charge in [0.05, 0.1) is 12.2 Å². The van der Waals surface area contributed by atoms with Crippen LogP contribution in [0.2, 0.25) is 0 Å². The molecule has 1 amide bonds. The van der Waals surface area contributed by atoms with Gasteiger partial charge >= 0.3 is 0 Å². The summed E-state index contributed by atoms with van der Waals surface area (Å²) in [7, 11) is 0.